The molecule has 0 amide bonds. The van der Waals surface area contributed by atoms with Crippen LogP contribution < -0.4 is 5.32 Å². The summed E-state index contributed by atoms with van der Waals surface area (Å²) in [5.74, 6) is 0. The van der Waals surface area contributed by atoms with Gasteiger partial charge in [-0.05, 0) is 57.6 Å². The van der Waals surface area contributed by atoms with Crippen LogP contribution in [0.5, 0.6) is 0 Å². The summed E-state index contributed by atoms with van der Waals surface area (Å²) in [5, 5.41) is 3.48. The van der Waals surface area contributed by atoms with Crippen molar-refractivity contribution in [3.8, 4) is 0 Å². The lowest BCUT2D eigenvalue weighted by Gasteiger charge is -2.29. The van der Waals surface area contributed by atoms with Crippen LogP contribution in [0.3, 0.4) is 0 Å². The second kappa shape index (κ2) is 14.5. The summed E-state index contributed by atoms with van der Waals surface area (Å²) in [7, 11) is -3.55. The highest BCUT2D eigenvalue weighted by molar-refractivity contribution is 7.48. The molecule has 7 heteroatoms. The summed E-state index contributed by atoms with van der Waals surface area (Å²) < 4.78 is 34.8. The van der Waals surface area contributed by atoms with E-state index >= 15 is 0 Å². The molecule has 1 N–H and O–H groups in total. The molecule has 0 bridgehead atoms. The molecule has 1 aliphatic heterocycles. The molecule has 0 radical (unpaired) electrons. The van der Waals surface area contributed by atoms with Crippen LogP contribution >= 0.6 is 7.82 Å². The third kappa shape index (κ3) is 9.62. The summed E-state index contributed by atoms with van der Waals surface area (Å²) in [6, 6.07) is 8.96. The fourth-order valence-electron chi connectivity index (χ4n) is 4.10. The van der Waals surface area contributed by atoms with Crippen molar-refractivity contribution in [1.82, 2.24) is 5.32 Å². The highest BCUT2D eigenvalue weighted by atomic mass is 31.2. The zero-order chi connectivity index (χ0) is 23.3. The lowest BCUT2D eigenvalue weighted by Crippen LogP contribution is -2.48. The van der Waals surface area contributed by atoms with Gasteiger partial charge >= 0.3 is 7.82 Å². The number of ether oxygens (including phenoxy) is 1. The first-order chi connectivity index (χ1) is 15.4. The number of aryl methyl sites for hydroxylation is 2. The molecule has 0 spiro atoms. The van der Waals surface area contributed by atoms with E-state index < -0.39 is 13.4 Å². The SMILES string of the molecule is CCCCCCCCc1ccc(CC[C@]2(COP(=O)(OCC)OCC)COC(C)N2)cc1. The minimum Gasteiger partial charge on any atom is -0.362 e. The van der Waals surface area contributed by atoms with Gasteiger partial charge in [-0.15, -0.1) is 0 Å². The van der Waals surface area contributed by atoms with Gasteiger partial charge in [0.2, 0.25) is 0 Å². The van der Waals surface area contributed by atoms with Crippen molar-refractivity contribution in [2.75, 3.05) is 26.4 Å². The van der Waals surface area contributed by atoms with Crippen LogP contribution in [0.4, 0.5) is 0 Å². The molecule has 184 valence electrons. The maximum absolute atomic E-state index is 12.7. The molecule has 0 aromatic heterocycles. The van der Waals surface area contributed by atoms with Crippen molar-refractivity contribution in [3.63, 3.8) is 0 Å². The third-order valence-corrected chi connectivity index (χ3v) is 7.52. The quantitative estimate of drug-likeness (QED) is 0.210. The molecule has 0 saturated carbocycles. The molecule has 2 atom stereocenters. The van der Waals surface area contributed by atoms with Gasteiger partial charge in [-0.2, -0.15) is 0 Å². The molecule has 1 fully saturated rings. The Kier molecular flexibility index (Phi) is 12.5. The largest absolute Gasteiger partial charge is 0.474 e. The van der Waals surface area contributed by atoms with Gasteiger partial charge in [0.25, 0.3) is 0 Å². The van der Waals surface area contributed by atoms with Crippen molar-refractivity contribution in [3.05, 3.63) is 35.4 Å². The number of rotatable bonds is 17. The van der Waals surface area contributed by atoms with Gasteiger partial charge < -0.3 is 4.74 Å². The Hall–Kier alpha value is -0.750. The molecule has 1 saturated heterocycles. The normalized spacial score (nSPS) is 21.3. The molecule has 1 aliphatic rings. The van der Waals surface area contributed by atoms with Crippen molar-refractivity contribution in [1.29, 1.82) is 0 Å². The first-order valence-electron chi connectivity index (χ1n) is 12.4. The van der Waals surface area contributed by atoms with Gasteiger partial charge in [0.05, 0.1) is 32.0 Å². The van der Waals surface area contributed by atoms with Crippen LogP contribution in [0, 0.1) is 0 Å². The van der Waals surface area contributed by atoms with E-state index in [-0.39, 0.29) is 26.0 Å². The predicted molar refractivity (Wildman–Crippen MR) is 130 cm³/mol. The number of benzene rings is 1. The molecule has 0 aliphatic carbocycles. The van der Waals surface area contributed by atoms with E-state index in [1.54, 1.807) is 13.8 Å². The Morgan fingerprint density at radius 3 is 2.09 bits per heavy atom. The molecule has 1 aromatic carbocycles. The zero-order valence-electron chi connectivity index (χ0n) is 20.6. The Morgan fingerprint density at radius 1 is 0.938 bits per heavy atom. The smallest absolute Gasteiger partial charge is 0.362 e. The third-order valence-electron chi connectivity index (χ3n) is 5.93. The van der Waals surface area contributed by atoms with E-state index in [1.807, 2.05) is 6.92 Å². The van der Waals surface area contributed by atoms with Crippen molar-refractivity contribution >= 4 is 7.82 Å². The number of phosphoric acid groups is 1. The van der Waals surface area contributed by atoms with Crippen molar-refractivity contribution in [2.45, 2.75) is 97.2 Å². The topological polar surface area (TPSA) is 66.0 Å². The van der Waals surface area contributed by atoms with Crippen LogP contribution in [0.2, 0.25) is 0 Å². The van der Waals surface area contributed by atoms with Crippen LogP contribution in [-0.4, -0.2) is 38.2 Å². The second-order valence-corrected chi connectivity index (χ2v) is 10.4. The van der Waals surface area contributed by atoms with Crippen LogP contribution in [-0.2, 0) is 35.7 Å². The molecule has 2 rings (SSSR count). The Morgan fingerprint density at radius 2 is 1.53 bits per heavy atom. The minimum atomic E-state index is -3.55. The highest BCUT2D eigenvalue weighted by Gasteiger charge is 2.40. The molecular weight excluding hydrogens is 425 g/mol. The lowest BCUT2D eigenvalue weighted by molar-refractivity contribution is 0.0807. The monoisotopic (exact) mass is 469 g/mol. The summed E-state index contributed by atoms with van der Waals surface area (Å²) in [6.07, 6.45) is 10.7. The van der Waals surface area contributed by atoms with E-state index in [2.05, 4.69) is 36.5 Å². The van der Waals surface area contributed by atoms with Gasteiger partial charge in [-0.3, -0.25) is 18.9 Å². The van der Waals surface area contributed by atoms with E-state index in [9.17, 15) is 4.57 Å². The van der Waals surface area contributed by atoms with E-state index in [1.165, 1.54) is 49.7 Å². The van der Waals surface area contributed by atoms with E-state index in [4.69, 9.17) is 18.3 Å². The van der Waals surface area contributed by atoms with Crippen LogP contribution in [0.1, 0.15) is 83.8 Å². The fourth-order valence-corrected chi connectivity index (χ4v) is 5.36. The van der Waals surface area contributed by atoms with Crippen LogP contribution in [0.15, 0.2) is 24.3 Å². The average molecular weight is 470 g/mol. The lowest BCUT2D eigenvalue weighted by atomic mass is 9.93. The summed E-state index contributed by atoms with van der Waals surface area (Å²) in [6.45, 7) is 9.05. The first kappa shape index (κ1) is 27.5. The molecule has 1 aromatic rings. The molecular formula is C25H44NO5P. The van der Waals surface area contributed by atoms with Gasteiger partial charge in [0.15, 0.2) is 0 Å². The van der Waals surface area contributed by atoms with E-state index in [0.29, 0.717) is 6.61 Å². The van der Waals surface area contributed by atoms with Crippen molar-refractivity contribution < 1.29 is 22.9 Å². The second-order valence-electron chi connectivity index (χ2n) is 8.77. The zero-order valence-corrected chi connectivity index (χ0v) is 21.5. The Bertz CT molecular complexity index is 673. The van der Waals surface area contributed by atoms with Gasteiger partial charge in [0, 0.05) is 0 Å². The minimum absolute atomic E-state index is 0.0723. The van der Waals surface area contributed by atoms with Gasteiger partial charge in [0.1, 0.15) is 6.23 Å². The molecule has 32 heavy (non-hydrogen) atoms. The van der Waals surface area contributed by atoms with Gasteiger partial charge in [-0.25, -0.2) is 4.57 Å². The first-order valence-corrected chi connectivity index (χ1v) is 13.9. The number of unbranched alkanes of at least 4 members (excludes halogenated alkanes) is 5. The maximum atomic E-state index is 12.7. The maximum Gasteiger partial charge on any atom is 0.474 e. The summed E-state index contributed by atoms with van der Waals surface area (Å²) in [4.78, 5) is 0. The fraction of sp³-hybridized carbons (Fsp3) is 0.760. The average Bonchev–Trinajstić information content (AvgIpc) is 3.16. The highest BCUT2D eigenvalue weighted by Crippen LogP contribution is 2.50. The Balaban J connectivity index is 1.85. The number of nitrogens with one attached hydrogen (secondary N) is 1. The molecule has 1 heterocycles. The summed E-state index contributed by atoms with van der Waals surface area (Å²) >= 11 is 0. The van der Waals surface area contributed by atoms with Gasteiger partial charge in [-0.1, -0.05) is 63.3 Å². The number of hydrogen-bond acceptors (Lipinski definition) is 6. The Labute approximate surface area is 195 Å². The standard InChI is InChI=1S/C25H44NO5P/c1-5-8-9-10-11-12-13-23-14-16-24(17-15-23)18-19-25(20-28-22(4)26-25)21-31-32(27,29-6-2)30-7-3/h14-17,22,26H,5-13,18-21H2,1-4H3/t22?,25-/m1/s1. The molecule has 1 unspecified atom stereocenters. The molecule has 6 nitrogen and oxygen atoms in total. The predicted octanol–water partition coefficient (Wildman–Crippen LogP) is 6.42. The summed E-state index contributed by atoms with van der Waals surface area (Å²) in [5.41, 5.74) is 2.28. The van der Waals surface area contributed by atoms with Crippen molar-refractivity contribution in [2.24, 2.45) is 0 Å². The van der Waals surface area contributed by atoms with Crippen LogP contribution in [0.25, 0.3) is 0 Å². The number of phosphoric ester groups is 1. The number of hydrogen-bond donors (Lipinski definition) is 1. The van der Waals surface area contributed by atoms with E-state index in [0.717, 1.165) is 19.3 Å².